The number of aryl methyl sites for hydroxylation is 1. The van der Waals surface area contributed by atoms with Crippen molar-refractivity contribution in [3.8, 4) is 0 Å². The third-order valence-electron chi connectivity index (χ3n) is 3.96. The van der Waals surface area contributed by atoms with E-state index in [1.165, 1.54) is 29.8 Å². The number of guanidine groups is 1. The van der Waals surface area contributed by atoms with E-state index >= 15 is 0 Å². The summed E-state index contributed by atoms with van der Waals surface area (Å²) in [5.41, 5.74) is 2.41. The summed E-state index contributed by atoms with van der Waals surface area (Å²) in [5.74, 6) is -0.887. The number of nitrogens with one attached hydrogen (secondary N) is 3. The van der Waals surface area contributed by atoms with E-state index in [4.69, 9.17) is 0 Å². The number of rotatable bonds is 4. The van der Waals surface area contributed by atoms with Crippen molar-refractivity contribution in [2.75, 3.05) is 10.6 Å². The van der Waals surface area contributed by atoms with E-state index in [0.717, 1.165) is 12.1 Å². The van der Waals surface area contributed by atoms with Gasteiger partial charge in [0.25, 0.3) is 0 Å². The number of anilines is 2. The van der Waals surface area contributed by atoms with Crippen molar-refractivity contribution in [2.45, 2.75) is 25.8 Å². The zero-order valence-corrected chi connectivity index (χ0v) is 14.3. The first kappa shape index (κ1) is 17.6. The summed E-state index contributed by atoms with van der Waals surface area (Å²) in [6.07, 6.45) is 0.885. The highest BCUT2D eigenvalue weighted by molar-refractivity contribution is 6.09. The highest BCUT2D eigenvalue weighted by Crippen LogP contribution is 2.14. The largest absolute Gasteiger partial charge is 0.326 e. The average Bonchev–Trinajstić information content (AvgIpc) is 2.64. The van der Waals surface area contributed by atoms with Crippen molar-refractivity contribution in [2.24, 2.45) is 4.99 Å². The van der Waals surface area contributed by atoms with Gasteiger partial charge in [-0.05, 0) is 48.4 Å². The second-order valence-electron chi connectivity index (χ2n) is 5.92. The van der Waals surface area contributed by atoms with Crippen molar-refractivity contribution in [3.63, 3.8) is 0 Å². The molecule has 2 aromatic rings. The van der Waals surface area contributed by atoms with Crippen molar-refractivity contribution in [1.29, 1.82) is 0 Å². The average molecular weight is 354 g/mol. The zero-order valence-electron chi connectivity index (χ0n) is 14.3. The molecule has 1 atom stereocenters. The Balaban J connectivity index is 1.70. The molecule has 0 unspecified atom stereocenters. The van der Waals surface area contributed by atoms with Crippen LogP contribution in [-0.2, 0) is 16.0 Å². The van der Waals surface area contributed by atoms with Crippen LogP contribution in [-0.4, -0.2) is 23.8 Å². The van der Waals surface area contributed by atoms with Gasteiger partial charge in [0.1, 0.15) is 11.9 Å². The van der Waals surface area contributed by atoms with Crippen LogP contribution >= 0.6 is 0 Å². The molecule has 0 radical (unpaired) electrons. The molecule has 0 bridgehead atoms. The molecule has 3 N–H and O–H groups in total. The van der Waals surface area contributed by atoms with Crippen LogP contribution in [0, 0.1) is 5.82 Å². The predicted octanol–water partition coefficient (Wildman–Crippen LogP) is 2.68. The summed E-state index contributed by atoms with van der Waals surface area (Å²) in [6, 6.07) is 12.3. The van der Waals surface area contributed by atoms with Gasteiger partial charge in [-0.2, -0.15) is 0 Å². The lowest BCUT2D eigenvalue weighted by molar-refractivity contribution is -0.124. The summed E-state index contributed by atoms with van der Waals surface area (Å²) in [6.45, 7) is 2.07. The van der Waals surface area contributed by atoms with Crippen molar-refractivity contribution < 1.29 is 14.0 Å². The molecule has 1 heterocycles. The number of carbonyl (C=O) groups excluding carboxylic acids is 2. The molecule has 7 heteroatoms. The lowest BCUT2D eigenvalue weighted by Crippen LogP contribution is -2.45. The third-order valence-corrected chi connectivity index (χ3v) is 3.96. The van der Waals surface area contributed by atoms with E-state index < -0.39 is 17.8 Å². The number of halogens is 1. The van der Waals surface area contributed by atoms with Crippen LogP contribution in [0.2, 0.25) is 0 Å². The van der Waals surface area contributed by atoms with E-state index in [1.54, 1.807) is 0 Å². The van der Waals surface area contributed by atoms with Gasteiger partial charge in [-0.3, -0.25) is 14.9 Å². The van der Waals surface area contributed by atoms with Gasteiger partial charge < -0.3 is 10.6 Å². The van der Waals surface area contributed by atoms with Crippen LogP contribution < -0.4 is 16.0 Å². The minimum atomic E-state index is -0.855. The molecule has 134 valence electrons. The lowest BCUT2D eigenvalue weighted by atomic mass is 10.1. The van der Waals surface area contributed by atoms with Gasteiger partial charge in [-0.15, -0.1) is 0 Å². The molecule has 1 aliphatic rings. The number of amides is 2. The fourth-order valence-corrected chi connectivity index (χ4v) is 2.53. The first-order valence-electron chi connectivity index (χ1n) is 8.33. The SMILES string of the molecule is CCc1ccc(NC2=N[C@@H](C(=O)Nc3ccc(F)cc3)CC(=O)N2)cc1. The molecule has 2 aromatic carbocycles. The Morgan fingerprint density at radius 1 is 1.15 bits per heavy atom. The van der Waals surface area contributed by atoms with E-state index in [-0.39, 0.29) is 18.3 Å². The molecule has 26 heavy (non-hydrogen) atoms. The highest BCUT2D eigenvalue weighted by Gasteiger charge is 2.27. The first-order chi connectivity index (χ1) is 12.5. The molecule has 6 nitrogen and oxygen atoms in total. The number of benzene rings is 2. The maximum atomic E-state index is 12.9. The van der Waals surface area contributed by atoms with Crippen molar-refractivity contribution in [1.82, 2.24) is 5.32 Å². The van der Waals surface area contributed by atoms with Gasteiger partial charge in [0, 0.05) is 11.4 Å². The van der Waals surface area contributed by atoms with Crippen LogP contribution in [0.25, 0.3) is 0 Å². The van der Waals surface area contributed by atoms with Crippen LogP contribution in [0.15, 0.2) is 53.5 Å². The molecule has 0 aliphatic carbocycles. The topological polar surface area (TPSA) is 82.6 Å². The summed E-state index contributed by atoms with van der Waals surface area (Å²) >= 11 is 0. The van der Waals surface area contributed by atoms with Crippen LogP contribution in [0.5, 0.6) is 0 Å². The number of aliphatic imine (C=N–C) groups is 1. The van der Waals surface area contributed by atoms with Crippen LogP contribution in [0.1, 0.15) is 18.9 Å². The van der Waals surface area contributed by atoms with Gasteiger partial charge in [0.05, 0.1) is 6.42 Å². The molecular formula is C19H19FN4O2. The minimum absolute atomic E-state index is 0.0486. The Kier molecular flexibility index (Phi) is 5.26. The van der Waals surface area contributed by atoms with Crippen LogP contribution in [0.3, 0.4) is 0 Å². The van der Waals surface area contributed by atoms with Gasteiger partial charge >= 0.3 is 0 Å². The number of hydrogen-bond acceptors (Lipinski definition) is 4. The quantitative estimate of drug-likeness (QED) is 0.789. The standard InChI is InChI=1S/C19H19FN4O2/c1-2-12-3-7-15(8-4-12)22-19-23-16(11-17(25)24-19)18(26)21-14-9-5-13(20)6-10-14/h3-10,16H,2,11H2,1H3,(H,21,26)(H2,22,23,24,25)/t16-/m1/s1. The fraction of sp³-hybridized carbons (Fsp3) is 0.211. The van der Waals surface area contributed by atoms with Crippen molar-refractivity contribution in [3.05, 3.63) is 59.9 Å². The highest BCUT2D eigenvalue weighted by atomic mass is 19.1. The Labute approximate surface area is 150 Å². The molecule has 1 aliphatic heterocycles. The normalized spacial score (nSPS) is 16.5. The molecule has 0 saturated heterocycles. The van der Waals surface area contributed by atoms with Crippen molar-refractivity contribution >= 4 is 29.1 Å². The molecule has 2 amide bonds. The summed E-state index contributed by atoms with van der Waals surface area (Å²) in [4.78, 5) is 28.5. The molecule has 3 rings (SSSR count). The molecule has 0 spiro atoms. The zero-order chi connectivity index (χ0) is 18.5. The summed E-state index contributed by atoms with van der Waals surface area (Å²) < 4.78 is 12.9. The second kappa shape index (κ2) is 7.77. The van der Waals surface area contributed by atoms with E-state index in [9.17, 15) is 14.0 Å². The Morgan fingerprint density at radius 3 is 2.46 bits per heavy atom. The molecule has 0 aromatic heterocycles. The third kappa shape index (κ3) is 4.44. The van der Waals surface area contributed by atoms with Gasteiger partial charge in [0.15, 0.2) is 0 Å². The predicted molar refractivity (Wildman–Crippen MR) is 98.5 cm³/mol. The monoisotopic (exact) mass is 354 g/mol. The molecule has 0 saturated carbocycles. The fourth-order valence-electron chi connectivity index (χ4n) is 2.53. The van der Waals surface area contributed by atoms with E-state index in [0.29, 0.717) is 5.69 Å². The Hall–Kier alpha value is -3.22. The summed E-state index contributed by atoms with van der Waals surface area (Å²) in [5, 5.41) is 8.27. The van der Waals surface area contributed by atoms with E-state index in [2.05, 4.69) is 27.9 Å². The Morgan fingerprint density at radius 2 is 1.81 bits per heavy atom. The number of hydrogen-bond donors (Lipinski definition) is 3. The van der Waals surface area contributed by atoms with Gasteiger partial charge in [-0.25, -0.2) is 9.38 Å². The lowest BCUT2D eigenvalue weighted by Gasteiger charge is -2.21. The minimum Gasteiger partial charge on any atom is -0.326 e. The maximum Gasteiger partial charge on any atom is 0.249 e. The second-order valence-corrected chi connectivity index (χ2v) is 5.92. The smallest absolute Gasteiger partial charge is 0.249 e. The first-order valence-corrected chi connectivity index (χ1v) is 8.33. The van der Waals surface area contributed by atoms with Gasteiger partial charge in [0.2, 0.25) is 17.8 Å². The van der Waals surface area contributed by atoms with Gasteiger partial charge in [-0.1, -0.05) is 19.1 Å². The number of nitrogens with zero attached hydrogens (tertiary/aromatic N) is 1. The maximum absolute atomic E-state index is 12.9. The molecule has 0 fully saturated rings. The molecular weight excluding hydrogens is 335 g/mol. The van der Waals surface area contributed by atoms with E-state index in [1.807, 2.05) is 24.3 Å². The number of carbonyl (C=O) groups is 2. The summed E-state index contributed by atoms with van der Waals surface area (Å²) in [7, 11) is 0. The van der Waals surface area contributed by atoms with Crippen LogP contribution in [0.4, 0.5) is 15.8 Å². The Bertz CT molecular complexity index is 832.